The average molecular weight is 370 g/mol. The van der Waals surface area contributed by atoms with E-state index in [1.165, 1.54) is 0 Å². The van der Waals surface area contributed by atoms with Crippen LogP contribution in [-0.2, 0) is 20.7 Å². The molecule has 7 nitrogen and oxygen atoms in total. The van der Waals surface area contributed by atoms with Crippen molar-refractivity contribution in [2.45, 2.75) is 39.2 Å². The minimum Gasteiger partial charge on any atom is -0.493 e. The Balaban J connectivity index is 0.00000194. The summed E-state index contributed by atoms with van der Waals surface area (Å²) in [6.07, 6.45) is 1.54. The highest BCUT2D eigenvalue weighted by Crippen LogP contribution is 2.38. The molecule has 0 aliphatic carbocycles. The van der Waals surface area contributed by atoms with Crippen molar-refractivity contribution in [3.63, 3.8) is 0 Å². The molecular weight excluding hydrogens is 340 g/mol. The first-order valence-electron chi connectivity index (χ1n) is 8.53. The van der Waals surface area contributed by atoms with Gasteiger partial charge in [-0.05, 0) is 50.8 Å². The minimum absolute atomic E-state index is 0.250. The molecule has 0 spiro atoms. The predicted octanol–water partition coefficient (Wildman–Crippen LogP) is 2.21. The number of Topliss-reactive ketones (excluding diaryl/α,β-unsaturated/α-hetero) is 1. The van der Waals surface area contributed by atoms with Gasteiger partial charge in [-0.3, -0.25) is 9.59 Å². The zero-order valence-corrected chi connectivity index (χ0v) is 16.2. The van der Waals surface area contributed by atoms with Crippen LogP contribution in [0, 0.1) is 0 Å². The van der Waals surface area contributed by atoms with Crippen LogP contribution in [-0.4, -0.2) is 57.8 Å². The number of aliphatic hydroxyl groups is 1. The van der Waals surface area contributed by atoms with Crippen molar-refractivity contribution in [1.29, 1.82) is 0 Å². The smallest absolute Gasteiger partial charge is 0.223 e. The first kappa shape index (κ1) is 23.9. The summed E-state index contributed by atoms with van der Waals surface area (Å²) in [5.74, 6) is 1.21. The van der Waals surface area contributed by atoms with Gasteiger partial charge in [0.2, 0.25) is 11.5 Å². The number of benzene rings is 1. The summed E-state index contributed by atoms with van der Waals surface area (Å²) in [4.78, 5) is 22.1. The monoisotopic (exact) mass is 370 g/mol. The fourth-order valence-electron chi connectivity index (χ4n) is 2.36. The number of ketones is 1. The number of aryl methyl sites for hydroxylation is 1. The van der Waals surface area contributed by atoms with Gasteiger partial charge in [0.15, 0.2) is 17.8 Å². The molecule has 0 bridgehead atoms. The molecule has 26 heavy (non-hydrogen) atoms. The third-order valence-corrected chi connectivity index (χ3v) is 3.46. The molecule has 0 amide bonds. The molecule has 7 heteroatoms. The predicted molar refractivity (Wildman–Crippen MR) is 98.3 cm³/mol. The van der Waals surface area contributed by atoms with Gasteiger partial charge in [0.25, 0.3) is 0 Å². The van der Waals surface area contributed by atoms with Gasteiger partial charge < -0.3 is 24.1 Å². The number of hydrogen-bond donors (Lipinski definition) is 1. The van der Waals surface area contributed by atoms with Crippen LogP contribution >= 0.6 is 0 Å². The van der Waals surface area contributed by atoms with Crippen LogP contribution in [0.15, 0.2) is 12.1 Å². The molecule has 1 rings (SSSR count). The lowest BCUT2D eigenvalue weighted by molar-refractivity contribution is -0.138. The van der Waals surface area contributed by atoms with Crippen molar-refractivity contribution in [2.75, 3.05) is 34.5 Å². The Hall–Kier alpha value is -2.12. The van der Waals surface area contributed by atoms with Crippen molar-refractivity contribution in [1.82, 2.24) is 0 Å². The van der Waals surface area contributed by atoms with Crippen molar-refractivity contribution < 1.29 is 33.6 Å². The molecule has 1 unspecified atom stereocenters. The number of ether oxygens (including phenoxy) is 4. The van der Waals surface area contributed by atoms with Gasteiger partial charge in [0.05, 0.1) is 21.3 Å². The lowest BCUT2D eigenvalue weighted by Gasteiger charge is -2.15. The van der Waals surface area contributed by atoms with Crippen LogP contribution in [0.5, 0.6) is 17.2 Å². The number of carbonyl (C=O) groups is 2. The zero-order valence-electron chi connectivity index (χ0n) is 16.2. The second-order valence-corrected chi connectivity index (χ2v) is 5.21. The van der Waals surface area contributed by atoms with Gasteiger partial charge in [0.1, 0.15) is 6.10 Å². The van der Waals surface area contributed by atoms with Crippen molar-refractivity contribution >= 4 is 12.1 Å². The van der Waals surface area contributed by atoms with Gasteiger partial charge >= 0.3 is 0 Å². The van der Waals surface area contributed by atoms with E-state index in [0.29, 0.717) is 49.4 Å². The maximum absolute atomic E-state index is 11.5. The second kappa shape index (κ2) is 14.1. The lowest BCUT2D eigenvalue weighted by Crippen LogP contribution is -2.25. The highest BCUT2D eigenvalue weighted by atomic mass is 16.5. The molecule has 0 aliphatic rings. The molecule has 1 atom stereocenters. The second-order valence-electron chi connectivity index (χ2n) is 5.21. The summed E-state index contributed by atoms with van der Waals surface area (Å²) in [6.45, 7) is 4.12. The topological polar surface area (TPSA) is 91.3 Å². The van der Waals surface area contributed by atoms with Crippen LogP contribution < -0.4 is 14.2 Å². The molecule has 1 N–H and O–H groups in total. The van der Waals surface area contributed by atoms with E-state index < -0.39 is 11.9 Å². The molecule has 148 valence electrons. The van der Waals surface area contributed by atoms with E-state index in [9.17, 15) is 9.59 Å². The molecule has 0 aromatic heterocycles. The van der Waals surface area contributed by atoms with E-state index in [1.807, 2.05) is 12.1 Å². The summed E-state index contributed by atoms with van der Waals surface area (Å²) in [5.41, 5.74) is 0.994. The van der Waals surface area contributed by atoms with Crippen LogP contribution in [0.25, 0.3) is 0 Å². The van der Waals surface area contributed by atoms with E-state index in [0.717, 1.165) is 5.56 Å². The maximum Gasteiger partial charge on any atom is 0.223 e. The summed E-state index contributed by atoms with van der Waals surface area (Å²) < 4.78 is 21.2. The number of hydrogen-bond acceptors (Lipinski definition) is 7. The summed E-state index contributed by atoms with van der Waals surface area (Å²) >= 11 is 0. The first-order valence-corrected chi connectivity index (χ1v) is 8.53. The van der Waals surface area contributed by atoms with E-state index in [1.54, 1.807) is 35.2 Å². The Morgan fingerprint density at radius 3 is 2.04 bits per heavy atom. The van der Waals surface area contributed by atoms with Gasteiger partial charge in [-0.15, -0.1) is 0 Å². The zero-order chi connectivity index (χ0) is 19.9. The molecule has 0 aliphatic heterocycles. The van der Waals surface area contributed by atoms with E-state index in [-0.39, 0.29) is 6.61 Å². The summed E-state index contributed by atoms with van der Waals surface area (Å²) in [7, 11) is 4.68. The Kier molecular flexibility index (Phi) is 12.9. The Bertz CT molecular complexity index is 518. The van der Waals surface area contributed by atoms with Crippen molar-refractivity contribution in [2.24, 2.45) is 0 Å². The summed E-state index contributed by atoms with van der Waals surface area (Å²) in [6, 6.07) is 3.75. The Labute approximate surface area is 155 Å². The standard InChI is InChI=1S/C17H24O6.C2H6O/c1-5-23-14(13(19)11-18)8-6-7-12-9-15(20-2)17(22-4)16(10-12)21-3;1-2-3/h9-11,14H,5-8H2,1-4H3;3H,2H2,1H3. The number of carbonyl (C=O) groups excluding carboxylic acids is 2. The Morgan fingerprint density at radius 2 is 1.65 bits per heavy atom. The molecule has 0 saturated heterocycles. The van der Waals surface area contributed by atoms with Gasteiger partial charge in [-0.1, -0.05) is 0 Å². The molecule has 0 fully saturated rings. The van der Waals surface area contributed by atoms with Crippen molar-refractivity contribution in [3.8, 4) is 17.2 Å². The van der Waals surface area contributed by atoms with Gasteiger partial charge in [-0.2, -0.15) is 0 Å². The third-order valence-electron chi connectivity index (χ3n) is 3.46. The number of aldehydes is 1. The number of rotatable bonds is 11. The normalized spacial score (nSPS) is 11.0. The van der Waals surface area contributed by atoms with Crippen LogP contribution in [0.4, 0.5) is 0 Å². The molecule has 0 saturated carbocycles. The molecule has 1 aromatic carbocycles. The fourth-order valence-corrected chi connectivity index (χ4v) is 2.36. The van der Waals surface area contributed by atoms with Crippen LogP contribution in [0.2, 0.25) is 0 Å². The largest absolute Gasteiger partial charge is 0.493 e. The quantitative estimate of drug-likeness (QED) is 0.472. The molecule has 1 aromatic rings. The number of aliphatic hydroxyl groups excluding tert-OH is 1. The highest BCUT2D eigenvalue weighted by Gasteiger charge is 2.18. The average Bonchev–Trinajstić information content (AvgIpc) is 2.66. The first-order chi connectivity index (χ1) is 12.5. The minimum atomic E-state index is -0.667. The SMILES string of the molecule is CCO.CCOC(CCCc1cc(OC)c(OC)c(OC)c1)C(=O)C=O. The van der Waals surface area contributed by atoms with Gasteiger partial charge in [-0.25, -0.2) is 0 Å². The molecule has 0 radical (unpaired) electrons. The number of methoxy groups -OCH3 is 3. The third kappa shape index (κ3) is 7.84. The molecular formula is C19H30O7. The lowest BCUT2D eigenvalue weighted by atomic mass is 10.0. The summed E-state index contributed by atoms with van der Waals surface area (Å²) in [5, 5.41) is 7.57. The molecule has 0 heterocycles. The fraction of sp³-hybridized carbons (Fsp3) is 0.579. The van der Waals surface area contributed by atoms with Crippen LogP contribution in [0.1, 0.15) is 32.3 Å². The van der Waals surface area contributed by atoms with E-state index >= 15 is 0 Å². The van der Waals surface area contributed by atoms with E-state index in [4.69, 9.17) is 24.1 Å². The van der Waals surface area contributed by atoms with Crippen LogP contribution in [0.3, 0.4) is 0 Å². The van der Waals surface area contributed by atoms with Crippen molar-refractivity contribution in [3.05, 3.63) is 17.7 Å². The maximum atomic E-state index is 11.5. The highest BCUT2D eigenvalue weighted by molar-refractivity contribution is 6.27. The Morgan fingerprint density at radius 1 is 1.12 bits per heavy atom. The van der Waals surface area contributed by atoms with Gasteiger partial charge in [0, 0.05) is 13.2 Å². The van der Waals surface area contributed by atoms with E-state index in [2.05, 4.69) is 0 Å².